The number of nitrogens with zero attached hydrogens (tertiary/aromatic N) is 4. The van der Waals surface area contributed by atoms with Gasteiger partial charge >= 0.3 is 19.8 Å². The number of aliphatic hydroxyl groups excluding tert-OH is 1. The van der Waals surface area contributed by atoms with Gasteiger partial charge in [0.05, 0.1) is 12.4 Å². The number of aliphatic hydroxyl groups is 1. The highest BCUT2D eigenvalue weighted by atomic mass is 31.2. The molecule has 0 unspecified atom stereocenters. The molecular weight excluding hydrogens is 644 g/mol. The molecule has 5 atom stereocenters. The number of benzene rings is 2. The second-order valence-electron chi connectivity index (χ2n) is 10.9. The number of rotatable bonds is 12. The van der Waals surface area contributed by atoms with Crippen LogP contribution in [0.25, 0.3) is 11.2 Å². The van der Waals surface area contributed by atoms with Gasteiger partial charge in [0.15, 0.2) is 22.6 Å². The van der Waals surface area contributed by atoms with Crippen LogP contribution in [0, 0.1) is 30.1 Å². The summed E-state index contributed by atoms with van der Waals surface area (Å²) in [5.41, 5.74) is 3.90. The van der Waals surface area contributed by atoms with Crippen LogP contribution >= 0.6 is 7.75 Å². The van der Waals surface area contributed by atoms with Gasteiger partial charge in [0, 0.05) is 12.5 Å². The zero-order valence-electron chi connectivity index (χ0n) is 25.0. The van der Waals surface area contributed by atoms with Gasteiger partial charge < -0.3 is 24.8 Å². The Bertz CT molecular complexity index is 1840. The molecule has 0 aliphatic carbocycles. The molecule has 17 heteroatoms. The Morgan fingerprint density at radius 2 is 1.94 bits per heavy atom. The summed E-state index contributed by atoms with van der Waals surface area (Å²) in [5, 5.41) is 13.6. The van der Waals surface area contributed by atoms with E-state index in [1.807, 2.05) is 0 Å². The van der Waals surface area contributed by atoms with Gasteiger partial charge in [0.2, 0.25) is 0 Å². The molecule has 1 aliphatic rings. The molecule has 3 heterocycles. The van der Waals surface area contributed by atoms with E-state index < -0.39 is 68.1 Å². The van der Waals surface area contributed by atoms with Crippen molar-refractivity contribution in [2.75, 3.05) is 12.3 Å². The Kier molecular flexibility index (Phi) is 9.85. The lowest BCUT2D eigenvalue weighted by Gasteiger charge is -2.30. The fourth-order valence-corrected chi connectivity index (χ4v) is 6.41. The van der Waals surface area contributed by atoms with Crippen LogP contribution in [-0.2, 0) is 29.8 Å². The molecule has 47 heavy (non-hydrogen) atoms. The average molecular weight is 675 g/mol. The van der Waals surface area contributed by atoms with Crippen molar-refractivity contribution in [3.8, 4) is 18.1 Å². The topological polar surface area (TPSA) is 173 Å². The number of hydrogen-bond acceptors (Lipinski definition) is 11. The molecule has 1 aliphatic heterocycles. The van der Waals surface area contributed by atoms with Crippen LogP contribution in [0.5, 0.6) is 5.75 Å². The summed E-state index contributed by atoms with van der Waals surface area (Å²) >= 11 is 0. The van der Waals surface area contributed by atoms with E-state index in [0.717, 1.165) is 12.1 Å². The van der Waals surface area contributed by atoms with Crippen molar-refractivity contribution in [3.05, 3.63) is 78.1 Å². The number of halogens is 3. The maximum absolute atomic E-state index is 14.4. The SMILES string of the molecule is C#C[C@]1(CO[P@@](=O)(N[C@@H](Cc2cc(F)cc(F)c2)C(=O)OC(C)C)Oc2ccccc2)O[C@@H](n2cnc3c(N)nc(F)nc32)C[C@@H]1O. The van der Waals surface area contributed by atoms with Crippen molar-refractivity contribution in [3.63, 3.8) is 0 Å². The molecule has 0 spiro atoms. The smallest absolute Gasteiger partial charge is 0.459 e. The summed E-state index contributed by atoms with van der Waals surface area (Å²) in [4.78, 5) is 24.4. The van der Waals surface area contributed by atoms with E-state index >= 15 is 0 Å². The molecule has 1 fully saturated rings. The molecule has 4 aromatic rings. The minimum Gasteiger partial charge on any atom is -0.462 e. The number of nitrogens with two attached hydrogens (primary N) is 1. The number of fused-ring (bicyclic) bond motifs is 1. The van der Waals surface area contributed by atoms with Gasteiger partial charge in [0.25, 0.3) is 0 Å². The summed E-state index contributed by atoms with van der Waals surface area (Å²) in [6, 6.07) is 8.95. The number of imidazole rings is 1. The summed E-state index contributed by atoms with van der Waals surface area (Å²) in [6.07, 6.45) is 2.32. The lowest BCUT2D eigenvalue weighted by molar-refractivity contribution is -0.149. The Labute approximate surface area is 266 Å². The van der Waals surface area contributed by atoms with Gasteiger partial charge in [-0.25, -0.2) is 18.3 Å². The molecular formula is C30H30F3N6O7P. The average Bonchev–Trinajstić information content (AvgIpc) is 3.56. The number of anilines is 1. The number of aromatic nitrogens is 4. The third-order valence-corrected chi connectivity index (χ3v) is 8.56. The predicted molar refractivity (Wildman–Crippen MR) is 161 cm³/mol. The minimum atomic E-state index is -4.65. The van der Waals surface area contributed by atoms with Crippen LogP contribution in [0.1, 0.15) is 32.1 Å². The normalized spacial score (nSPS) is 21.3. The van der Waals surface area contributed by atoms with Crippen molar-refractivity contribution in [2.24, 2.45) is 0 Å². The number of nitrogen functional groups attached to an aromatic ring is 1. The molecule has 2 aromatic carbocycles. The zero-order chi connectivity index (χ0) is 33.9. The van der Waals surface area contributed by atoms with Crippen molar-refractivity contribution in [2.45, 2.75) is 56.8 Å². The maximum atomic E-state index is 14.4. The van der Waals surface area contributed by atoms with Gasteiger partial charge in [-0.05, 0) is 50.1 Å². The van der Waals surface area contributed by atoms with E-state index in [2.05, 4.69) is 26.0 Å². The molecule has 13 nitrogen and oxygen atoms in total. The van der Waals surface area contributed by atoms with E-state index in [9.17, 15) is 27.6 Å². The summed E-state index contributed by atoms with van der Waals surface area (Å²) in [7, 11) is -4.65. The van der Waals surface area contributed by atoms with E-state index in [-0.39, 0.29) is 41.1 Å². The van der Waals surface area contributed by atoms with Gasteiger partial charge in [-0.15, -0.1) is 6.42 Å². The Morgan fingerprint density at radius 3 is 2.60 bits per heavy atom. The quantitative estimate of drug-likeness (QED) is 0.0860. The van der Waals surface area contributed by atoms with Crippen LogP contribution in [-0.4, -0.2) is 61.1 Å². The Balaban J connectivity index is 1.44. The van der Waals surface area contributed by atoms with Crippen molar-refractivity contribution >= 4 is 30.7 Å². The van der Waals surface area contributed by atoms with Gasteiger partial charge in [-0.3, -0.25) is 13.9 Å². The van der Waals surface area contributed by atoms with E-state index in [4.69, 9.17) is 30.7 Å². The lowest BCUT2D eigenvalue weighted by Crippen LogP contribution is -2.44. The zero-order valence-corrected chi connectivity index (χ0v) is 25.9. The Hall–Kier alpha value is -4.52. The first-order valence-corrected chi connectivity index (χ1v) is 15.8. The lowest BCUT2D eigenvalue weighted by atomic mass is 9.99. The number of carbonyl (C=O) groups excluding carboxylic acids is 1. The first kappa shape index (κ1) is 33.8. The second kappa shape index (κ2) is 13.7. The standard InChI is InChI=1S/C30H30F3N6O7P/c1-4-30(23(40)14-24(45-30)39-16-35-25-26(34)36-29(33)37-27(25)39)15-43-47(42,46-21-8-6-5-7-9-21)38-22(28(41)44-17(2)3)12-18-10-19(31)13-20(32)11-18/h1,5-11,13,16-17,22-24,40H,12,14-15H2,2-3H3,(H,38,42)(H2,34,36,37)/t22-,23-,24+,30+,47-/m0/s1. The molecule has 0 amide bonds. The number of nitrogens with one attached hydrogen (secondary N) is 1. The summed E-state index contributed by atoms with van der Waals surface area (Å²) in [5.74, 6) is -0.526. The number of carbonyl (C=O) groups is 1. The maximum Gasteiger partial charge on any atom is 0.459 e. The van der Waals surface area contributed by atoms with Crippen LogP contribution in [0.4, 0.5) is 19.0 Å². The molecule has 5 rings (SSSR count). The largest absolute Gasteiger partial charge is 0.462 e. The van der Waals surface area contributed by atoms with Crippen LogP contribution in [0.3, 0.4) is 0 Å². The number of terminal acetylenes is 1. The molecule has 0 bridgehead atoms. The number of ether oxygens (including phenoxy) is 2. The Morgan fingerprint density at radius 1 is 1.23 bits per heavy atom. The highest BCUT2D eigenvalue weighted by Crippen LogP contribution is 2.48. The second-order valence-corrected chi connectivity index (χ2v) is 12.6. The van der Waals surface area contributed by atoms with Crippen molar-refractivity contribution in [1.82, 2.24) is 24.6 Å². The van der Waals surface area contributed by atoms with Crippen LogP contribution < -0.4 is 15.3 Å². The first-order valence-electron chi connectivity index (χ1n) is 14.2. The van der Waals surface area contributed by atoms with E-state index in [0.29, 0.717) is 6.07 Å². The summed E-state index contributed by atoms with van der Waals surface area (Å²) in [6.45, 7) is 2.41. The highest BCUT2D eigenvalue weighted by molar-refractivity contribution is 7.52. The van der Waals surface area contributed by atoms with Gasteiger partial charge in [-0.1, -0.05) is 24.1 Å². The minimum absolute atomic E-state index is 0.0269. The molecule has 1 saturated heterocycles. The van der Waals surface area contributed by atoms with E-state index in [1.54, 1.807) is 32.0 Å². The van der Waals surface area contributed by atoms with E-state index in [1.165, 1.54) is 23.0 Å². The van der Waals surface area contributed by atoms with Crippen molar-refractivity contribution in [1.29, 1.82) is 0 Å². The van der Waals surface area contributed by atoms with Crippen LogP contribution in [0.15, 0.2) is 54.9 Å². The molecule has 248 valence electrons. The molecule has 0 saturated carbocycles. The number of para-hydroxylation sites is 1. The van der Waals surface area contributed by atoms with Gasteiger partial charge in [0.1, 0.15) is 42.4 Å². The van der Waals surface area contributed by atoms with Crippen LogP contribution in [0.2, 0.25) is 0 Å². The molecule has 2 aromatic heterocycles. The number of hydrogen-bond donors (Lipinski definition) is 3. The third-order valence-electron chi connectivity index (χ3n) is 7.02. The fourth-order valence-electron chi connectivity index (χ4n) is 4.89. The third kappa shape index (κ3) is 7.73. The highest BCUT2D eigenvalue weighted by Gasteiger charge is 2.50. The fraction of sp³-hybridized carbons (Fsp3) is 0.333. The molecule has 0 radical (unpaired) electrons. The summed E-state index contributed by atoms with van der Waals surface area (Å²) < 4.78 is 80.5. The van der Waals surface area contributed by atoms with Gasteiger partial charge in [-0.2, -0.15) is 19.4 Å². The molecule has 4 N–H and O–H groups in total. The van der Waals surface area contributed by atoms with Crippen molar-refractivity contribution < 1.29 is 46.2 Å². The predicted octanol–water partition coefficient (Wildman–Crippen LogP) is 3.83. The monoisotopic (exact) mass is 674 g/mol. The number of esters is 1. The first-order chi connectivity index (χ1) is 22.3.